The monoisotopic (exact) mass is 376 g/mol. The maximum atomic E-state index is 12.6. The lowest BCUT2D eigenvalue weighted by Gasteiger charge is -2.37. The second-order valence-corrected chi connectivity index (χ2v) is 9.38. The van der Waals surface area contributed by atoms with E-state index in [2.05, 4.69) is 0 Å². The Kier molecular flexibility index (Phi) is 5.18. The van der Waals surface area contributed by atoms with Crippen molar-refractivity contribution < 1.29 is 43.2 Å². The molecule has 0 N–H and O–H groups in total. The van der Waals surface area contributed by atoms with Gasteiger partial charge in [-0.05, 0) is 18.8 Å². The van der Waals surface area contributed by atoms with Crippen molar-refractivity contribution >= 4 is 19.7 Å². The van der Waals surface area contributed by atoms with Gasteiger partial charge in [0, 0.05) is 0 Å². The van der Waals surface area contributed by atoms with Gasteiger partial charge in [-0.15, -0.1) is 0 Å². The van der Waals surface area contributed by atoms with Crippen molar-refractivity contribution in [2.24, 2.45) is 5.92 Å². The zero-order valence-electron chi connectivity index (χ0n) is 11.3. The molecule has 22 heavy (non-hydrogen) atoms. The van der Waals surface area contributed by atoms with E-state index < -0.39 is 66.4 Å². The summed E-state index contributed by atoms with van der Waals surface area (Å²) in [5.41, 5.74) is -11.3. The Morgan fingerprint density at radius 1 is 0.818 bits per heavy atom. The molecule has 1 rings (SSSR count). The molecule has 0 aromatic carbocycles. The van der Waals surface area contributed by atoms with Crippen LogP contribution in [-0.2, 0) is 19.7 Å². The number of sulfone groups is 2. The van der Waals surface area contributed by atoms with E-state index in [4.69, 9.17) is 0 Å². The van der Waals surface area contributed by atoms with Gasteiger partial charge >= 0.3 is 11.0 Å². The van der Waals surface area contributed by atoms with Gasteiger partial charge in [-0.25, -0.2) is 16.8 Å². The topological polar surface area (TPSA) is 68.3 Å². The van der Waals surface area contributed by atoms with Crippen LogP contribution in [0.3, 0.4) is 0 Å². The molecule has 0 aromatic heterocycles. The molecule has 12 heteroatoms. The molecule has 0 heterocycles. The minimum Gasteiger partial charge on any atom is -0.219 e. The summed E-state index contributed by atoms with van der Waals surface area (Å²) < 4.78 is 122. The Hall–Kier alpha value is -0.520. The third-order valence-corrected chi connectivity index (χ3v) is 7.90. The maximum absolute atomic E-state index is 12.6. The largest absolute Gasteiger partial charge is 0.497 e. The number of alkyl halides is 6. The van der Waals surface area contributed by atoms with Crippen LogP contribution >= 0.6 is 0 Å². The van der Waals surface area contributed by atoms with E-state index >= 15 is 0 Å². The van der Waals surface area contributed by atoms with Gasteiger partial charge in [-0.3, -0.25) is 0 Å². The average Bonchev–Trinajstić information content (AvgIpc) is 2.34. The van der Waals surface area contributed by atoms with E-state index in [1.807, 2.05) is 0 Å². The molecule has 1 aliphatic rings. The molecule has 4 nitrogen and oxygen atoms in total. The summed E-state index contributed by atoms with van der Waals surface area (Å²) in [4.78, 5) is 0. The van der Waals surface area contributed by atoms with Crippen LogP contribution in [0.1, 0.15) is 32.6 Å². The third-order valence-electron chi connectivity index (χ3n) is 3.85. The molecular weight excluding hydrogens is 362 g/mol. The van der Waals surface area contributed by atoms with Gasteiger partial charge in [0.25, 0.3) is 19.7 Å². The number of hydrogen-bond donors (Lipinski definition) is 0. The Balaban J connectivity index is 3.34. The average molecular weight is 376 g/mol. The maximum Gasteiger partial charge on any atom is 0.497 e. The standard InChI is InChI=1S/C10H14F6O4S2/c1-2-6-7(21(17,18)9(11,12)13)4-3-5-8(6)22(19,20)10(14,15)16/h6-8H,2-5H2,1H3. The molecule has 1 aliphatic carbocycles. The van der Waals surface area contributed by atoms with Crippen LogP contribution in [0.2, 0.25) is 0 Å². The summed E-state index contributed by atoms with van der Waals surface area (Å²) in [6.07, 6.45) is -1.77. The van der Waals surface area contributed by atoms with Crippen LogP contribution in [-0.4, -0.2) is 38.4 Å². The lowest BCUT2D eigenvalue weighted by atomic mass is 9.86. The van der Waals surface area contributed by atoms with E-state index in [0.29, 0.717) is 0 Å². The van der Waals surface area contributed by atoms with Gasteiger partial charge in [0.05, 0.1) is 10.5 Å². The fraction of sp³-hybridized carbons (Fsp3) is 1.00. The van der Waals surface area contributed by atoms with Gasteiger partial charge in [0.15, 0.2) is 0 Å². The Bertz CT molecular complexity index is 552. The normalized spacial score (nSPS) is 28.6. The lowest BCUT2D eigenvalue weighted by molar-refractivity contribution is -0.0467. The first-order chi connectivity index (χ1) is 9.68. The lowest BCUT2D eigenvalue weighted by Crippen LogP contribution is -2.50. The SMILES string of the molecule is CCC1C(S(=O)(=O)C(F)(F)F)CCCC1S(=O)(=O)C(F)(F)F. The van der Waals surface area contributed by atoms with E-state index in [1.165, 1.54) is 6.92 Å². The highest BCUT2D eigenvalue weighted by Crippen LogP contribution is 2.44. The first kappa shape index (κ1) is 19.5. The van der Waals surface area contributed by atoms with E-state index in [-0.39, 0.29) is 6.42 Å². The molecule has 0 radical (unpaired) electrons. The summed E-state index contributed by atoms with van der Waals surface area (Å²) in [7, 11) is -11.5. The Morgan fingerprint density at radius 3 is 1.36 bits per heavy atom. The number of hydrogen-bond acceptors (Lipinski definition) is 4. The summed E-state index contributed by atoms with van der Waals surface area (Å²) in [6.45, 7) is 1.17. The molecule has 0 saturated heterocycles. The van der Waals surface area contributed by atoms with Gasteiger partial charge in [-0.2, -0.15) is 26.3 Å². The molecule has 0 aliphatic heterocycles. The summed E-state index contributed by atoms with van der Waals surface area (Å²) in [5.74, 6) is -1.74. The number of halogens is 6. The first-order valence-electron chi connectivity index (χ1n) is 6.28. The molecule has 0 amide bonds. The molecule has 0 bridgehead atoms. The smallest absolute Gasteiger partial charge is 0.219 e. The number of rotatable bonds is 3. The predicted molar refractivity (Wildman–Crippen MR) is 65.2 cm³/mol. The molecule has 2 atom stereocenters. The summed E-state index contributed by atoms with van der Waals surface area (Å²) >= 11 is 0. The van der Waals surface area contributed by atoms with Crippen LogP contribution in [0.5, 0.6) is 0 Å². The van der Waals surface area contributed by atoms with Crippen molar-refractivity contribution in [3.63, 3.8) is 0 Å². The van der Waals surface area contributed by atoms with E-state index in [0.717, 1.165) is 0 Å². The minimum absolute atomic E-state index is 0.337. The molecule has 0 aromatic rings. The van der Waals surface area contributed by atoms with E-state index in [9.17, 15) is 43.2 Å². The fourth-order valence-electron chi connectivity index (χ4n) is 2.83. The van der Waals surface area contributed by atoms with Crippen LogP contribution in [0.4, 0.5) is 26.3 Å². The molecule has 0 spiro atoms. The third kappa shape index (κ3) is 3.22. The molecular formula is C10H14F6O4S2. The Morgan fingerprint density at radius 2 is 1.14 bits per heavy atom. The van der Waals surface area contributed by atoms with Crippen LogP contribution in [0.15, 0.2) is 0 Å². The quantitative estimate of drug-likeness (QED) is 0.711. The Labute approximate surface area is 123 Å². The van der Waals surface area contributed by atoms with Crippen molar-refractivity contribution in [2.45, 2.75) is 54.1 Å². The second kappa shape index (κ2) is 5.84. The predicted octanol–water partition coefficient (Wildman–Crippen LogP) is 2.80. The first-order valence-corrected chi connectivity index (χ1v) is 9.37. The van der Waals surface area contributed by atoms with Crippen molar-refractivity contribution in [1.82, 2.24) is 0 Å². The van der Waals surface area contributed by atoms with E-state index in [1.54, 1.807) is 0 Å². The minimum atomic E-state index is -5.73. The highest BCUT2D eigenvalue weighted by Gasteiger charge is 2.60. The van der Waals surface area contributed by atoms with Crippen molar-refractivity contribution in [1.29, 1.82) is 0 Å². The molecule has 1 fully saturated rings. The van der Waals surface area contributed by atoms with Crippen LogP contribution in [0, 0.1) is 5.92 Å². The second-order valence-electron chi connectivity index (χ2n) is 5.06. The van der Waals surface area contributed by atoms with Gasteiger partial charge in [0.2, 0.25) is 0 Å². The van der Waals surface area contributed by atoms with Crippen molar-refractivity contribution in [2.75, 3.05) is 0 Å². The van der Waals surface area contributed by atoms with Gasteiger partial charge in [0.1, 0.15) is 0 Å². The summed E-state index contributed by atoms with van der Waals surface area (Å²) in [6, 6.07) is 0. The highest BCUT2D eigenvalue weighted by molar-refractivity contribution is 7.93. The zero-order valence-corrected chi connectivity index (χ0v) is 12.9. The summed E-state index contributed by atoms with van der Waals surface area (Å²) in [5, 5.41) is -4.35. The van der Waals surface area contributed by atoms with Crippen LogP contribution < -0.4 is 0 Å². The molecule has 1 saturated carbocycles. The van der Waals surface area contributed by atoms with Gasteiger partial charge in [-0.1, -0.05) is 19.8 Å². The highest BCUT2D eigenvalue weighted by atomic mass is 32.2. The van der Waals surface area contributed by atoms with Crippen molar-refractivity contribution in [3.8, 4) is 0 Å². The van der Waals surface area contributed by atoms with Gasteiger partial charge < -0.3 is 0 Å². The molecule has 132 valence electrons. The molecule has 2 unspecified atom stereocenters. The van der Waals surface area contributed by atoms with Crippen molar-refractivity contribution in [3.05, 3.63) is 0 Å². The van der Waals surface area contributed by atoms with Crippen LogP contribution in [0.25, 0.3) is 0 Å². The zero-order chi connectivity index (χ0) is 17.6. The fourth-order valence-corrected chi connectivity index (χ4v) is 6.25.